The lowest BCUT2D eigenvalue weighted by Gasteiger charge is -2.14. The number of carbonyl (C=O) groups is 2. The van der Waals surface area contributed by atoms with Gasteiger partial charge in [0.1, 0.15) is 0 Å². The zero-order chi connectivity index (χ0) is 13.8. The molecule has 19 heavy (non-hydrogen) atoms. The Morgan fingerprint density at radius 2 is 2.00 bits per heavy atom. The first kappa shape index (κ1) is 14.1. The molecule has 1 N–H and O–H groups in total. The monoisotopic (exact) mass is 325 g/mol. The van der Waals surface area contributed by atoms with Crippen LogP contribution >= 0.6 is 15.9 Å². The van der Waals surface area contributed by atoms with Crippen molar-refractivity contribution in [1.29, 1.82) is 0 Å². The van der Waals surface area contributed by atoms with E-state index >= 15 is 0 Å². The van der Waals surface area contributed by atoms with Gasteiger partial charge in [0.2, 0.25) is 0 Å². The van der Waals surface area contributed by atoms with E-state index < -0.39 is 0 Å². The first-order valence-corrected chi connectivity index (χ1v) is 7.07. The van der Waals surface area contributed by atoms with Crippen LogP contribution in [0.1, 0.15) is 31.4 Å². The number of hydrogen-bond acceptors (Lipinski definition) is 3. The summed E-state index contributed by atoms with van der Waals surface area (Å²) in [5, 5.41) is 2.80. The Hall–Kier alpha value is -1.36. The van der Waals surface area contributed by atoms with Crippen LogP contribution in [0.25, 0.3) is 0 Å². The van der Waals surface area contributed by atoms with Crippen molar-refractivity contribution in [3.63, 3.8) is 0 Å². The van der Waals surface area contributed by atoms with Crippen LogP contribution in [-0.2, 0) is 14.3 Å². The average molecular weight is 326 g/mol. The van der Waals surface area contributed by atoms with Gasteiger partial charge >= 0.3 is 5.97 Å². The fourth-order valence-electron chi connectivity index (χ4n) is 1.69. The molecule has 2 rings (SSSR count). The minimum Gasteiger partial charge on any atom is -0.455 e. The van der Waals surface area contributed by atoms with Crippen LogP contribution in [0.4, 0.5) is 0 Å². The van der Waals surface area contributed by atoms with Crippen LogP contribution < -0.4 is 5.32 Å². The van der Waals surface area contributed by atoms with E-state index in [1.807, 2.05) is 31.2 Å². The van der Waals surface area contributed by atoms with Gasteiger partial charge in [-0.05, 0) is 37.5 Å². The third kappa shape index (κ3) is 4.35. The van der Waals surface area contributed by atoms with Crippen molar-refractivity contribution in [1.82, 2.24) is 5.32 Å². The van der Waals surface area contributed by atoms with Crippen molar-refractivity contribution < 1.29 is 14.3 Å². The summed E-state index contributed by atoms with van der Waals surface area (Å²) in [5.74, 6) is -0.507. The molecule has 0 saturated heterocycles. The van der Waals surface area contributed by atoms with Gasteiger partial charge in [-0.15, -0.1) is 0 Å². The number of rotatable bonds is 5. The van der Waals surface area contributed by atoms with Gasteiger partial charge in [-0.3, -0.25) is 9.59 Å². The van der Waals surface area contributed by atoms with E-state index in [4.69, 9.17) is 4.74 Å². The first-order valence-electron chi connectivity index (χ1n) is 6.27. The van der Waals surface area contributed by atoms with Crippen LogP contribution in [0.15, 0.2) is 28.7 Å². The van der Waals surface area contributed by atoms with E-state index in [2.05, 4.69) is 21.2 Å². The quantitative estimate of drug-likeness (QED) is 0.846. The van der Waals surface area contributed by atoms with Crippen LogP contribution in [0.3, 0.4) is 0 Å². The van der Waals surface area contributed by atoms with Crippen molar-refractivity contribution in [3.05, 3.63) is 34.3 Å². The number of halogens is 1. The Morgan fingerprint density at radius 3 is 2.58 bits per heavy atom. The van der Waals surface area contributed by atoms with E-state index in [1.165, 1.54) is 0 Å². The number of nitrogens with one attached hydrogen (secondary N) is 1. The lowest BCUT2D eigenvalue weighted by molar-refractivity contribution is -0.150. The maximum Gasteiger partial charge on any atom is 0.309 e. The highest BCUT2D eigenvalue weighted by molar-refractivity contribution is 9.10. The summed E-state index contributed by atoms with van der Waals surface area (Å²) in [7, 11) is 0. The molecule has 0 bridgehead atoms. The van der Waals surface area contributed by atoms with Crippen LogP contribution in [0, 0.1) is 5.92 Å². The molecule has 0 aromatic heterocycles. The summed E-state index contributed by atoms with van der Waals surface area (Å²) < 4.78 is 5.92. The molecule has 102 valence electrons. The highest BCUT2D eigenvalue weighted by atomic mass is 79.9. The summed E-state index contributed by atoms with van der Waals surface area (Å²) >= 11 is 3.36. The second kappa shape index (κ2) is 6.19. The predicted molar refractivity (Wildman–Crippen MR) is 74.4 cm³/mol. The number of benzene rings is 1. The van der Waals surface area contributed by atoms with Crippen LogP contribution in [0.2, 0.25) is 0 Å². The summed E-state index contributed by atoms with van der Waals surface area (Å²) in [6, 6.07) is 7.60. The largest absolute Gasteiger partial charge is 0.455 e. The fourth-order valence-corrected chi connectivity index (χ4v) is 1.96. The smallest absolute Gasteiger partial charge is 0.309 e. The lowest BCUT2D eigenvalue weighted by Crippen LogP contribution is -2.31. The molecule has 1 atom stereocenters. The average Bonchev–Trinajstić information content (AvgIpc) is 3.21. The summed E-state index contributed by atoms with van der Waals surface area (Å²) in [6.07, 6.45) is 1.77. The van der Waals surface area contributed by atoms with Crippen molar-refractivity contribution >= 4 is 27.8 Å². The first-order chi connectivity index (χ1) is 9.06. The minimum absolute atomic E-state index is 0.0247. The molecule has 1 amide bonds. The van der Waals surface area contributed by atoms with Gasteiger partial charge in [0.15, 0.2) is 6.61 Å². The van der Waals surface area contributed by atoms with Gasteiger partial charge in [0, 0.05) is 4.47 Å². The second-order valence-electron chi connectivity index (χ2n) is 4.72. The van der Waals surface area contributed by atoms with Gasteiger partial charge in [-0.1, -0.05) is 28.1 Å². The Bertz CT molecular complexity index is 468. The Kier molecular flexibility index (Phi) is 4.58. The van der Waals surface area contributed by atoms with E-state index in [-0.39, 0.29) is 30.4 Å². The summed E-state index contributed by atoms with van der Waals surface area (Å²) in [5.41, 5.74) is 1.00. The number of esters is 1. The molecular weight excluding hydrogens is 310 g/mol. The second-order valence-corrected chi connectivity index (χ2v) is 5.64. The molecule has 0 spiro atoms. The number of amides is 1. The molecule has 1 fully saturated rings. The number of carbonyl (C=O) groups excluding carboxylic acids is 2. The van der Waals surface area contributed by atoms with E-state index in [9.17, 15) is 9.59 Å². The summed E-state index contributed by atoms with van der Waals surface area (Å²) in [4.78, 5) is 22.9. The number of ether oxygens (including phenoxy) is 1. The highest BCUT2D eigenvalue weighted by Crippen LogP contribution is 2.29. The van der Waals surface area contributed by atoms with E-state index in [0.717, 1.165) is 22.9 Å². The molecule has 1 aliphatic rings. The van der Waals surface area contributed by atoms with E-state index in [1.54, 1.807) is 0 Å². The van der Waals surface area contributed by atoms with Crippen LogP contribution in [0.5, 0.6) is 0 Å². The Balaban J connectivity index is 1.77. The van der Waals surface area contributed by atoms with E-state index in [0.29, 0.717) is 0 Å². The molecule has 0 radical (unpaired) electrons. The summed E-state index contributed by atoms with van der Waals surface area (Å²) in [6.45, 7) is 1.69. The van der Waals surface area contributed by atoms with Crippen molar-refractivity contribution in [2.24, 2.45) is 5.92 Å². The molecule has 1 aromatic rings. The highest BCUT2D eigenvalue weighted by Gasteiger charge is 2.31. The minimum atomic E-state index is -0.274. The molecule has 5 heteroatoms. The molecule has 0 unspecified atom stereocenters. The Morgan fingerprint density at radius 1 is 1.37 bits per heavy atom. The Labute approximate surface area is 120 Å². The molecule has 1 aromatic carbocycles. The molecule has 1 saturated carbocycles. The van der Waals surface area contributed by atoms with Gasteiger partial charge in [0.05, 0.1) is 12.0 Å². The van der Waals surface area contributed by atoms with Gasteiger partial charge in [0.25, 0.3) is 5.91 Å². The maximum atomic E-state index is 11.6. The molecular formula is C14H16BrNO3. The maximum absolute atomic E-state index is 11.6. The third-order valence-electron chi connectivity index (χ3n) is 3.00. The fraction of sp³-hybridized carbons (Fsp3) is 0.429. The molecule has 1 aliphatic carbocycles. The van der Waals surface area contributed by atoms with Crippen LogP contribution in [-0.4, -0.2) is 18.5 Å². The van der Waals surface area contributed by atoms with Crippen molar-refractivity contribution in [2.75, 3.05) is 6.61 Å². The zero-order valence-corrected chi connectivity index (χ0v) is 12.3. The molecule has 0 heterocycles. The van der Waals surface area contributed by atoms with Crippen molar-refractivity contribution in [2.45, 2.75) is 25.8 Å². The number of hydrogen-bond donors (Lipinski definition) is 1. The van der Waals surface area contributed by atoms with Gasteiger partial charge in [-0.25, -0.2) is 0 Å². The van der Waals surface area contributed by atoms with Crippen molar-refractivity contribution in [3.8, 4) is 0 Å². The lowest BCUT2D eigenvalue weighted by atomic mass is 10.1. The van der Waals surface area contributed by atoms with Gasteiger partial charge in [-0.2, -0.15) is 0 Å². The topological polar surface area (TPSA) is 55.4 Å². The third-order valence-corrected chi connectivity index (χ3v) is 3.53. The zero-order valence-electron chi connectivity index (χ0n) is 10.7. The predicted octanol–water partition coefficient (Wildman–Crippen LogP) is 2.58. The van der Waals surface area contributed by atoms with Gasteiger partial charge < -0.3 is 10.1 Å². The molecule has 0 aliphatic heterocycles. The standard InChI is InChI=1S/C14H16BrNO3/c1-9(10-4-6-12(15)7-5-10)16-13(17)8-19-14(18)11-2-3-11/h4-7,9,11H,2-3,8H2,1H3,(H,16,17)/t9-/m1/s1. The normalized spacial score (nSPS) is 15.7. The SMILES string of the molecule is C[C@@H](NC(=O)COC(=O)C1CC1)c1ccc(Br)cc1. The molecule has 4 nitrogen and oxygen atoms in total.